The summed E-state index contributed by atoms with van der Waals surface area (Å²) < 4.78 is 5.79. The van der Waals surface area contributed by atoms with Crippen molar-refractivity contribution in [2.24, 2.45) is 23.2 Å². The van der Waals surface area contributed by atoms with Gasteiger partial charge in [-0.3, -0.25) is 4.79 Å². The fourth-order valence-corrected chi connectivity index (χ4v) is 4.52. The van der Waals surface area contributed by atoms with E-state index >= 15 is 0 Å². The lowest BCUT2D eigenvalue weighted by Crippen LogP contribution is -2.49. The Balaban J connectivity index is 1.81. The van der Waals surface area contributed by atoms with Crippen LogP contribution in [0.1, 0.15) is 52.9 Å². The smallest absolute Gasteiger partial charge is 0.306 e. The van der Waals surface area contributed by atoms with Gasteiger partial charge in [-0.15, -0.1) is 0 Å². The highest BCUT2D eigenvalue weighted by atomic mass is 16.6. The van der Waals surface area contributed by atoms with E-state index in [0.717, 1.165) is 32.1 Å². The van der Waals surface area contributed by atoms with Crippen LogP contribution in [0.3, 0.4) is 0 Å². The Hall–Kier alpha value is -0.570. The number of carboxylic acids is 1. The topological polar surface area (TPSA) is 49.8 Å². The Bertz CT molecular complexity index is 376. The molecule has 3 fully saturated rings. The molecule has 0 spiro atoms. The van der Waals surface area contributed by atoms with Crippen LogP contribution in [0.4, 0.5) is 0 Å². The van der Waals surface area contributed by atoms with Crippen molar-refractivity contribution in [3.05, 3.63) is 0 Å². The normalized spacial score (nSPS) is 49.7. The molecule has 0 bridgehead atoms. The van der Waals surface area contributed by atoms with E-state index < -0.39 is 5.97 Å². The third kappa shape index (κ3) is 1.78. The van der Waals surface area contributed by atoms with E-state index in [1.807, 2.05) is 0 Å². The number of carboxylic acid groups (broad SMARTS) is 1. The lowest BCUT2D eigenvalue weighted by molar-refractivity contribution is -0.152. The number of hydrogen-bond acceptors (Lipinski definition) is 2. The minimum Gasteiger partial charge on any atom is -0.481 e. The molecule has 3 aliphatic rings. The van der Waals surface area contributed by atoms with Gasteiger partial charge in [-0.2, -0.15) is 0 Å². The highest BCUT2D eigenvalue weighted by Crippen LogP contribution is 2.59. The number of hydrogen-bond donors (Lipinski definition) is 1. The molecule has 2 saturated carbocycles. The molecule has 3 nitrogen and oxygen atoms in total. The fourth-order valence-electron chi connectivity index (χ4n) is 4.52. The standard InChI is InChI=1S/C15H24O3/c1-14(2)8-10-9(13(16)17)4-5-12-15(3,18-12)7-6-11(10)14/h9-12H,4-8H2,1-3H3,(H,16,17)/t9-,10-,11-,12-,15-/m0/s1. The van der Waals surface area contributed by atoms with Crippen molar-refractivity contribution in [1.82, 2.24) is 0 Å². The summed E-state index contributed by atoms with van der Waals surface area (Å²) in [6.45, 7) is 6.77. The first-order chi connectivity index (χ1) is 8.33. The average Bonchev–Trinajstić information content (AvgIpc) is 2.86. The molecule has 1 saturated heterocycles. The van der Waals surface area contributed by atoms with E-state index in [2.05, 4.69) is 20.8 Å². The van der Waals surface area contributed by atoms with Crippen LogP contribution < -0.4 is 0 Å². The van der Waals surface area contributed by atoms with Crippen LogP contribution in [0, 0.1) is 23.2 Å². The second-order valence-corrected chi connectivity index (χ2v) is 7.44. The van der Waals surface area contributed by atoms with Crippen LogP contribution in [-0.2, 0) is 9.53 Å². The van der Waals surface area contributed by atoms with Gasteiger partial charge in [0.05, 0.1) is 17.6 Å². The van der Waals surface area contributed by atoms with Gasteiger partial charge in [-0.25, -0.2) is 0 Å². The summed E-state index contributed by atoms with van der Waals surface area (Å²) >= 11 is 0. The van der Waals surface area contributed by atoms with E-state index in [1.165, 1.54) is 0 Å². The molecule has 1 heterocycles. The zero-order valence-corrected chi connectivity index (χ0v) is 11.6. The van der Waals surface area contributed by atoms with Crippen LogP contribution in [0.5, 0.6) is 0 Å². The lowest BCUT2D eigenvalue weighted by atomic mass is 9.50. The maximum atomic E-state index is 11.5. The fraction of sp³-hybridized carbons (Fsp3) is 0.933. The van der Waals surface area contributed by atoms with E-state index in [4.69, 9.17) is 4.74 Å². The Morgan fingerprint density at radius 1 is 1.22 bits per heavy atom. The molecule has 0 aromatic rings. The summed E-state index contributed by atoms with van der Waals surface area (Å²) in [5.41, 5.74) is 0.382. The van der Waals surface area contributed by atoms with Gasteiger partial charge in [0, 0.05) is 0 Å². The quantitative estimate of drug-likeness (QED) is 0.730. The zero-order chi connectivity index (χ0) is 13.1. The van der Waals surface area contributed by atoms with Crippen LogP contribution >= 0.6 is 0 Å². The second kappa shape index (κ2) is 3.72. The highest BCUT2D eigenvalue weighted by molar-refractivity contribution is 5.70. The minimum absolute atomic E-state index is 0.0591. The summed E-state index contributed by atoms with van der Waals surface area (Å²) in [6.07, 6.45) is 5.36. The Labute approximate surface area is 109 Å². The number of fused-ring (bicyclic) bond motifs is 2. The Morgan fingerprint density at radius 3 is 2.56 bits per heavy atom. The molecule has 1 N–H and O–H groups in total. The molecule has 1 aliphatic heterocycles. The molecule has 18 heavy (non-hydrogen) atoms. The Kier molecular flexibility index (Phi) is 2.58. The molecule has 0 aromatic carbocycles. The van der Waals surface area contributed by atoms with Crippen molar-refractivity contribution in [3.63, 3.8) is 0 Å². The lowest BCUT2D eigenvalue weighted by Gasteiger charge is -2.54. The summed E-state index contributed by atoms with van der Waals surface area (Å²) in [7, 11) is 0. The number of carbonyl (C=O) groups is 1. The highest BCUT2D eigenvalue weighted by Gasteiger charge is 2.58. The summed E-state index contributed by atoms with van der Waals surface area (Å²) in [5, 5.41) is 9.46. The van der Waals surface area contributed by atoms with Gasteiger partial charge in [-0.1, -0.05) is 13.8 Å². The molecule has 5 atom stereocenters. The molecule has 0 radical (unpaired) electrons. The molecular weight excluding hydrogens is 228 g/mol. The summed E-state index contributed by atoms with van der Waals surface area (Å²) in [5.74, 6) is 0.233. The van der Waals surface area contributed by atoms with Crippen LogP contribution in [0.25, 0.3) is 0 Å². The van der Waals surface area contributed by atoms with Crippen molar-refractivity contribution in [2.45, 2.75) is 64.6 Å². The predicted octanol–water partition coefficient (Wildman–Crippen LogP) is 3.08. The van der Waals surface area contributed by atoms with E-state index in [0.29, 0.717) is 23.4 Å². The van der Waals surface area contributed by atoms with Crippen LogP contribution in [0.15, 0.2) is 0 Å². The average molecular weight is 252 g/mol. The number of epoxide rings is 1. The van der Waals surface area contributed by atoms with Crippen molar-refractivity contribution in [1.29, 1.82) is 0 Å². The zero-order valence-electron chi connectivity index (χ0n) is 11.6. The molecular formula is C15H24O3. The first-order valence-electron chi connectivity index (χ1n) is 7.24. The van der Waals surface area contributed by atoms with Crippen LogP contribution in [0.2, 0.25) is 0 Å². The SMILES string of the molecule is CC1(C)C[C@H]2[C@@H](C(=O)O)CC[C@@H]3O[C@@]3(C)CC[C@@H]21. The molecule has 3 heteroatoms. The number of aliphatic carboxylic acids is 1. The van der Waals surface area contributed by atoms with Gasteiger partial charge in [0.25, 0.3) is 0 Å². The maximum absolute atomic E-state index is 11.5. The van der Waals surface area contributed by atoms with E-state index in [9.17, 15) is 9.90 Å². The van der Waals surface area contributed by atoms with E-state index in [1.54, 1.807) is 0 Å². The van der Waals surface area contributed by atoms with Gasteiger partial charge in [0.15, 0.2) is 0 Å². The molecule has 2 aliphatic carbocycles. The monoisotopic (exact) mass is 252 g/mol. The maximum Gasteiger partial charge on any atom is 0.306 e. The molecule has 0 aromatic heterocycles. The van der Waals surface area contributed by atoms with Crippen LogP contribution in [-0.4, -0.2) is 22.8 Å². The summed E-state index contributed by atoms with van der Waals surface area (Å²) in [6, 6.07) is 0. The number of ether oxygens (including phenoxy) is 1. The molecule has 0 unspecified atom stereocenters. The molecule has 102 valence electrons. The van der Waals surface area contributed by atoms with Crippen molar-refractivity contribution >= 4 is 5.97 Å². The van der Waals surface area contributed by atoms with Gasteiger partial charge in [0.2, 0.25) is 0 Å². The second-order valence-electron chi connectivity index (χ2n) is 7.44. The first-order valence-corrected chi connectivity index (χ1v) is 7.24. The van der Waals surface area contributed by atoms with Gasteiger partial charge in [0.1, 0.15) is 0 Å². The van der Waals surface area contributed by atoms with Crippen molar-refractivity contribution in [3.8, 4) is 0 Å². The Morgan fingerprint density at radius 2 is 1.94 bits per heavy atom. The third-order valence-corrected chi connectivity index (χ3v) is 5.84. The van der Waals surface area contributed by atoms with E-state index in [-0.39, 0.29) is 11.5 Å². The van der Waals surface area contributed by atoms with Gasteiger partial charge < -0.3 is 9.84 Å². The van der Waals surface area contributed by atoms with Crippen molar-refractivity contribution in [2.75, 3.05) is 0 Å². The van der Waals surface area contributed by atoms with Crippen molar-refractivity contribution < 1.29 is 14.6 Å². The minimum atomic E-state index is -0.593. The third-order valence-electron chi connectivity index (χ3n) is 5.84. The van der Waals surface area contributed by atoms with Gasteiger partial charge >= 0.3 is 5.97 Å². The van der Waals surface area contributed by atoms with Gasteiger partial charge in [-0.05, 0) is 56.3 Å². The summed E-state index contributed by atoms with van der Waals surface area (Å²) in [4.78, 5) is 11.5. The largest absolute Gasteiger partial charge is 0.481 e. The number of rotatable bonds is 1. The first kappa shape index (κ1) is 12.5. The predicted molar refractivity (Wildman–Crippen MR) is 68.2 cm³/mol. The molecule has 3 rings (SSSR count). The molecule has 0 amide bonds.